The Bertz CT molecular complexity index is 794. The Morgan fingerprint density at radius 1 is 1.23 bits per heavy atom. The van der Waals surface area contributed by atoms with Crippen LogP contribution in [0.2, 0.25) is 0 Å². The van der Waals surface area contributed by atoms with Gasteiger partial charge in [-0.2, -0.15) is 5.10 Å². The van der Waals surface area contributed by atoms with Crippen molar-refractivity contribution in [3.63, 3.8) is 0 Å². The second-order valence-corrected chi connectivity index (χ2v) is 7.15. The first-order chi connectivity index (χ1) is 12.7. The number of esters is 1. The van der Waals surface area contributed by atoms with Gasteiger partial charge in [-0.15, -0.1) is 0 Å². The van der Waals surface area contributed by atoms with Gasteiger partial charge in [-0.3, -0.25) is 9.59 Å². The van der Waals surface area contributed by atoms with E-state index >= 15 is 0 Å². The summed E-state index contributed by atoms with van der Waals surface area (Å²) in [4.78, 5) is 24.8. The monoisotopic (exact) mass is 353 g/mol. The summed E-state index contributed by atoms with van der Waals surface area (Å²) >= 11 is 0. The van der Waals surface area contributed by atoms with E-state index < -0.39 is 5.60 Å². The highest BCUT2D eigenvalue weighted by Gasteiger charge is 2.52. The molecule has 0 bridgehead atoms. The number of aromatic nitrogens is 2. The number of benzene rings is 1. The van der Waals surface area contributed by atoms with Crippen LogP contribution in [0.15, 0.2) is 42.7 Å². The molecule has 1 spiro atoms. The van der Waals surface area contributed by atoms with E-state index in [1.54, 1.807) is 10.9 Å². The summed E-state index contributed by atoms with van der Waals surface area (Å²) in [6.07, 6.45) is 8.54. The van der Waals surface area contributed by atoms with Gasteiger partial charge >= 0.3 is 5.97 Å². The van der Waals surface area contributed by atoms with Crippen LogP contribution in [0.25, 0.3) is 5.69 Å². The van der Waals surface area contributed by atoms with Gasteiger partial charge in [0, 0.05) is 18.9 Å². The Balaban J connectivity index is 1.48. The van der Waals surface area contributed by atoms with Gasteiger partial charge in [0.25, 0.3) is 0 Å². The van der Waals surface area contributed by atoms with Crippen molar-refractivity contribution >= 4 is 11.9 Å². The first-order valence-electron chi connectivity index (χ1n) is 9.25. The van der Waals surface area contributed by atoms with Crippen molar-refractivity contribution in [2.45, 2.75) is 50.7 Å². The molecule has 1 saturated heterocycles. The van der Waals surface area contributed by atoms with Crippen LogP contribution in [0.4, 0.5) is 0 Å². The van der Waals surface area contributed by atoms with E-state index in [0.29, 0.717) is 6.54 Å². The molecule has 4 rings (SSSR count). The number of carbonyl (C=O) groups excluding carboxylic acids is 2. The first-order valence-corrected chi connectivity index (χ1v) is 9.25. The number of carbonyl (C=O) groups is 2. The van der Waals surface area contributed by atoms with Crippen LogP contribution in [-0.4, -0.2) is 27.3 Å². The van der Waals surface area contributed by atoms with Gasteiger partial charge < -0.3 is 10.1 Å². The maximum absolute atomic E-state index is 12.9. The molecular formula is C20H23N3O3. The largest absolute Gasteiger partial charge is 0.458 e. The van der Waals surface area contributed by atoms with E-state index in [-0.39, 0.29) is 24.2 Å². The molecule has 1 N–H and O–H groups in total. The highest BCUT2D eigenvalue weighted by molar-refractivity contribution is 5.87. The zero-order valence-corrected chi connectivity index (χ0v) is 14.7. The van der Waals surface area contributed by atoms with Gasteiger partial charge in [-0.1, -0.05) is 24.6 Å². The normalized spacial score (nSPS) is 21.5. The number of nitrogens with one attached hydrogen (secondary N) is 1. The Morgan fingerprint density at radius 2 is 2.04 bits per heavy atom. The quantitative estimate of drug-likeness (QED) is 0.858. The predicted molar refractivity (Wildman–Crippen MR) is 95.4 cm³/mol. The smallest absolute Gasteiger partial charge is 0.307 e. The summed E-state index contributed by atoms with van der Waals surface area (Å²) in [6.45, 7) is 0.398. The molecule has 2 fully saturated rings. The molecule has 6 heteroatoms. The zero-order chi connectivity index (χ0) is 18.0. The number of nitrogens with zero attached hydrogens (tertiary/aromatic N) is 2. The molecule has 1 saturated carbocycles. The zero-order valence-electron chi connectivity index (χ0n) is 14.7. The average Bonchev–Trinajstić information content (AvgIpc) is 3.29. The number of amides is 1. The third kappa shape index (κ3) is 3.11. The van der Waals surface area contributed by atoms with Crippen LogP contribution >= 0.6 is 0 Å². The molecule has 1 aromatic carbocycles. The summed E-state index contributed by atoms with van der Waals surface area (Å²) in [5.41, 5.74) is 1.33. The molecule has 136 valence electrons. The van der Waals surface area contributed by atoms with Crippen molar-refractivity contribution in [1.82, 2.24) is 15.1 Å². The van der Waals surface area contributed by atoms with Crippen molar-refractivity contribution in [3.05, 3.63) is 48.3 Å². The van der Waals surface area contributed by atoms with E-state index in [1.165, 1.54) is 0 Å². The lowest BCUT2D eigenvalue weighted by Crippen LogP contribution is -2.45. The second kappa shape index (κ2) is 6.94. The number of hydrogen-bond acceptors (Lipinski definition) is 4. The van der Waals surface area contributed by atoms with Crippen molar-refractivity contribution < 1.29 is 14.3 Å². The van der Waals surface area contributed by atoms with Gasteiger partial charge in [0.1, 0.15) is 5.60 Å². The molecule has 0 unspecified atom stereocenters. The minimum Gasteiger partial charge on any atom is -0.458 e. The molecule has 26 heavy (non-hydrogen) atoms. The Morgan fingerprint density at radius 3 is 2.81 bits per heavy atom. The van der Waals surface area contributed by atoms with E-state index in [1.807, 2.05) is 36.5 Å². The lowest BCUT2D eigenvalue weighted by atomic mass is 9.75. The topological polar surface area (TPSA) is 73.2 Å². The molecule has 6 nitrogen and oxygen atoms in total. The maximum atomic E-state index is 12.9. The summed E-state index contributed by atoms with van der Waals surface area (Å²) in [5, 5.41) is 7.29. The van der Waals surface area contributed by atoms with Gasteiger partial charge in [0.15, 0.2) is 0 Å². The van der Waals surface area contributed by atoms with E-state index in [2.05, 4.69) is 10.4 Å². The van der Waals surface area contributed by atoms with Crippen molar-refractivity contribution in [1.29, 1.82) is 0 Å². The SMILES string of the molecule is O=C1C[C@H](C(=O)NCc2ccccc2-n2cccn2)C2(CCCCC2)O1. The highest BCUT2D eigenvalue weighted by atomic mass is 16.6. The number of ether oxygens (including phenoxy) is 1. The molecule has 1 aliphatic carbocycles. The minimum atomic E-state index is -0.582. The highest BCUT2D eigenvalue weighted by Crippen LogP contribution is 2.44. The van der Waals surface area contributed by atoms with Crippen LogP contribution in [-0.2, 0) is 20.9 Å². The Kier molecular flexibility index (Phi) is 4.49. The molecule has 1 amide bonds. The van der Waals surface area contributed by atoms with Gasteiger partial charge in [0.2, 0.25) is 5.91 Å². The lowest BCUT2D eigenvalue weighted by Gasteiger charge is -2.36. The van der Waals surface area contributed by atoms with Crippen LogP contribution in [0, 0.1) is 5.92 Å². The van der Waals surface area contributed by atoms with Crippen molar-refractivity contribution in [2.24, 2.45) is 5.92 Å². The maximum Gasteiger partial charge on any atom is 0.307 e. The summed E-state index contributed by atoms with van der Waals surface area (Å²) in [6, 6.07) is 9.70. The Labute approximate surface area is 152 Å². The predicted octanol–water partition coefficient (Wildman–Crippen LogP) is 2.75. The average molecular weight is 353 g/mol. The molecule has 0 radical (unpaired) electrons. The summed E-state index contributed by atoms with van der Waals surface area (Å²) in [7, 11) is 0. The Hall–Kier alpha value is -2.63. The van der Waals surface area contributed by atoms with Crippen molar-refractivity contribution in [3.8, 4) is 5.69 Å². The molecule has 1 aliphatic heterocycles. The third-order valence-corrected chi connectivity index (χ3v) is 5.54. The number of para-hydroxylation sites is 1. The molecule has 1 aromatic heterocycles. The van der Waals surface area contributed by atoms with Crippen molar-refractivity contribution in [2.75, 3.05) is 0 Å². The van der Waals surface area contributed by atoms with Gasteiger partial charge in [-0.05, 0) is 43.4 Å². The minimum absolute atomic E-state index is 0.0898. The van der Waals surface area contributed by atoms with Crippen LogP contribution in [0.3, 0.4) is 0 Å². The fourth-order valence-electron chi connectivity index (χ4n) is 4.23. The summed E-state index contributed by atoms with van der Waals surface area (Å²) < 4.78 is 7.43. The first kappa shape index (κ1) is 16.8. The molecule has 2 aromatic rings. The molecular weight excluding hydrogens is 330 g/mol. The number of hydrogen-bond donors (Lipinski definition) is 1. The fourth-order valence-corrected chi connectivity index (χ4v) is 4.23. The molecule has 2 aliphatic rings. The second-order valence-electron chi connectivity index (χ2n) is 7.15. The molecule has 1 atom stereocenters. The van der Waals surface area contributed by atoms with Gasteiger partial charge in [0.05, 0.1) is 18.0 Å². The standard InChI is InChI=1S/C20H23N3O3/c24-18-13-16(20(26-18)9-4-1-5-10-20)19(25)21-14-15-7-2-3-8-17(15)23-12-6-11-22-23/h2-3,6-8,11-12,16H,1,4-5,9-10,13-14H2,(H,21,25)/t16-/m1/s1. The van der Waals surface area contributed by atoms with Crippen LogP contribution in [0.1, 0.15) is 44.1 Å². The summed E-state index contributed by atoms with van der Waals surface area (Å²) in [5.74, 6) is -0.718. The van der Waals surface area contributed by atoms with E-state index in [9.17, 15) is 9.59 Å². The van der Waals surface area contributed by atoms with E-state index in [4.69, 9.17) is 4.74 Å². The number of rotatable bonds is 4. The van der Waals surface area contributed by atoms with Crippen LogP contribution < -0.4 is 5.32 Å². The van der Waals surface area contributed by atoms with Gasteiger partial charge in [-0.25, -0.2) is 4.68 Å². The third-order valence-electron chi connectivity index (χ3n) is 5.54. The van der Waals surface area contributed by atoms with E-state index in [0.717, 1.165) is 43.4 Å². The molecule has 2 heterocycles. The van der Waals surface area contributed by atoms with Crippen LogP contribution in [0.5, 0.6) is 0 Å². The fraction of sp³-hybridized carbons (Fsp3) is 0.450. The lowest BCUT2D eigenvalue weighted by molar-refractivity contribution is -0.153.